The first kappa shape index (κ1) is 11.4. The van der Waals surface area contributed by atoms with Crippen LogP contribution in [-0.2, 0) is 28.7 Å². The van der Waals surface area contributed by atoms with Crippen molar-refractivity contribution < 1.29 is 28.7 Å². The first-order chi connectivity index (χ1) is 8.44. The predicted molar refractivity (Wildman–Crippen MR) is 54.6 cm³/mol. The molecule has 2 heterocycles. The second kappa shape index (κ2) is 3.40. The molecule has 2 bridgehead atoms. The Morgan fingerprint density at radius 3 is 2.33 bits per heavy atom. The molecule has 0 aromatic heterocycles. The van der Waals surface area contributed by atoms with Crippen molar-refractivity contribution in [2.75, 3.05) is 0 Å². The molecule has 0 aromatic carbocycles. The fourth-order valence-electron chi connectivity index (χ4n) is 3.29. The fourth-order valence-corrected chi connectivity index (χ4v) is 3.29. The molecule has 3 fully saturated rings. The van der Waals surface area contributed by atoms with E-state index in [2.05, 4.69) is 4.74 Å². The van der Waals surface area contributed by atoms with Gasteiger partial charge in [0.05, 0.1) is 23.2 Å². The summed E-state index contributed by atoms with van der Waals surface area (Å²) in [5.41, 5.74) is -1.18. The SMILES string of the molecule is CC12C(=O)OC(=O)C1CC1CCC2C(=O)OC1=O. The Hall–Kier alpha value is -1.72. The number of hydrogen-bond donors (Lipinski definition) is 0. The summed E-state index contributed by atoms with van der Waals surface area (Å²) in [6.45, 7) is 1.56. The van der Waals surface area contributed by atoms with Crippen molar-refractivity contribution in [1.29, 1.82) is 0 Å². The molecule has 18 heavy (non-hydrogen) atoms. The first-order valence-electron chi connectivity index (χ1n) is 5.96. The van der Waals surface area contributed by atoms with Crippen LogP contribution in [0.25, 0.3) is 0 Å². The van der Waals surface area contributed by atoms with Gasteiger partial charge >= 0.3 is 23.9 Å². The summed E-state index contributed by atoms with van der Waals surface area (Å²) < 4.78 is 9.40. The molecule has 2 saturated heterocycles. The summed E-state index contributed by atoms with van der Waals surface area (Å²) in [6.07, 6.45) is 1.08. The van der Waals surface area contributed by atoms with E-state index in [-0.39, 0.29) is 6.42 Å². The molecule has 0 radical (unpaired) electrons. The highest BCUT2D eigenvalue weighted by Crippen LogP contribution is 2.52. The van der Waals surface area contributed by atoms with Crippen LogP contribution in [0.4, 0.5) is 0 Å². The average Bonchev–Trinajstić information content (AvgIpc) is 2.48. The molecule has 96 valence electrons. The van der Waals surface area contributed by atoms with Gasteiger partial charge in [-0.05, 0) is 26.2 Å². The lowest BCUT2D eigenvalue weighted by molar-refractivity contribution is -0.172. The third-order valence-corrected chi connectivity index (χ3v) is 4.51. The van der Waals surface area contributed by atoms with Crippen LogP contribution in [0.1, 0.15) is 26.2 Å². The maximum Gasteiger partial charge on any atom is 0.321 e. The number of ether oxygens (including phenoxy) is 2. The van der Waals surface area contributed by atoms with Crippen LogP contribution in [0, 0.1) is 23.2 Å². The number of fused-ring (bicyclic) bond motifs is 5. The lowest BCUT2D eigenvalue weighted by Crippen LogP contribution is -2.44. The quantitative estimate of drug-likeness (QED) is 0.452. The molecule has 0 N–H and O–H groups in total. The summed E-state index contributed by atoms with van der Waals surface area (Å²) in [5.74, 6) is -4.56. The highest BCUT2D eigenvalue weighted by atomic mass is 16.6. The minimum Gasteiger partial charge on any atom is -0.393 e. The van der Waals surface area contributed by atoms with Crippen molar-refractivity contribution in [3.05, 3.63) is 0 Å². The average molecular weight is 252 g/mol. The summed E-state index contributed by atoms with van der Waals surface area (Å²) >= 11 is 0. The van der Waals surface area contributed by atoms with Gasteiger partial charge < -0.3 is 9.47 Å². The van der Waals surface area contributed by atoms with Crippen molar-refractivity contribution in [3.63, 3.8) is 0 Å². The van der Waals surface area contributed by atoms with Crippen molar-refractivity contribution in [1.82, 2.24) is 0 Å². The Kier molecular flexibility index (Phi) is 2.15. The van der Waals surface area contributed by atoms with Crippen molar-refractivity contribution >= 4 is 23.9 Å². The Balaban J connectivity index is 2.13. The zero-order valence-corrected chi connectivity index (χ0v) is 9.80. The van der Waals surface area contributed by atoms with Crippen molar-refractivity contribution in [3.8, 4) is 0 Å². The molecule has 3 aliphatic rings. The number of carbonyl (C=O) groups excluding carboxylic acids is 4. The zero-order chi connectivity index (χ0) is 13.1. The number of carbonyl (C=O) groups is 4. The van der Waals surface area contributed by atoms with Crippen LogP contribution in [-0.4, -0.2) is 23.9 Å². The van der Waals surface area contributed by atoms with E-state index in [4.69, 9.17) is 4.74 Å². The Morgan fingerprint density at radius 1 is 0.944 bits per heavy atom. The van der Waals surface area contributed by atoms with Gasteiger partial charge in [-0.25, -0.2) is 0 Å². The van der Waals surface area contributed by atoms with Crippen LogP contribution in [0.15, 0.2) is 0 Å². The number of rotatable bonds is 0. The molecule has 0 amide bonds. The lowest BCUT2D eigenvalue weighted by Gasteiger charge is -2.31. The molecule has 1 aliphatic carbocycles. The van der Waals surface area contributed by atoms with E-state index in [1.165, 1.54) is 0 Å². The van der Waals surface area contributed by atoms with E-state index in [1.807, 2.05) is 0 Å². The standard InChI is InChI=1S/C12H12O6/c1-12-6-3-2-5(8(13)17-9(6)14)4-7(12)10(15)18-11(12)16/h5-7H,2-4H2,1H3. The summed E-state index contributed by atoms with van der Waals surface area (Å²) in [7, 11) is 0. The molecular weight excluding hydrogens is 240 g/mol. The van der Waals surface area contributed by atoms with Gasteiger partial charge in [-0.2, -0.15) is 0 Å². The number of esters is 4. The van der Waals surface area contributed by atoms with Crippen LogP contribution in [0.3, 0.4) is 0 Å². The molecule has 0 aromatic rings. The molecule has 0 spiro atoms. The van der Waals surface area contributed by atoms with Gasteiger partial charge in [-0.1, -0.05) is 0 Å². The van der Waals surface area contributed by atoms with E-state index >= 15 is 0 Å². The zero-order valence-electron chi connectivity index (χ0n) is 9.80. The minimum absolute atomic E-state index is 0.226. The van der Waals surface area contributed by atoms with Gasteiger partial charge in [-0.15, -0.1) is 0 Å². The fraction of sp³-hybridized carbons (Fsp3) is 0.667. The van der Waals surface area contributed by atoms with Gasteiger partial charge in [0, 0.05) is 0 Å². The topological polar surface area (TPSA) is 86.7 Å². The van der Waals surface area contributed by atoms with Crippen LogP contribution in [0.2, 0.25) is 0 Å². The Labute approximate surface area is 103 Å². The molecule has 1 saturated carbocycles. The van der Waals surface area contributed by atoms with Crippen molar-refractivity contribution in [2.45, 2.75) is 26.2 Å². The number of hydrogen-bond acceptors (Lipinski definition) is 6. The second-order valence-electron chi connectivity index (χ2n) is 5.35. The third kappa shape index (κ3) is 1.23. The Morgan fingerprint density at radius 2 is 1.61 bits per heavy atom. The number of cyclic esters (lactones) is 4. The van der Waals surface area contributed by atoms with Crippen molar-refractivity contribution in [2.24, 2.45) is 23.2 Å². The van der Waals surface area contributed by atoms with Gasteiger partial charge in [0.25, 0.3) is 0 Å². The lowest BCUT2D eigenvalue weighted by atomic mass is 9.68. The molecule has 4 atom stereocenters. The highest BCUT2D eigenvalue weighted by molar-refractivity contribution is 6.03. The molecule has 3 rings (SSSR count). The maximum atomic E-state index is 11.9. The first-order valence-corrected chi connectivity index (χ1v) is 5.96. The van der Waals surface area contributed by atoms with Gasteiger partial charge in [0.1, 0.15) is 0 Å². The highest BCUT2D eigenvalue weighted by Gasteiger charge is 2.64. The van der Waals surface area contributed by atoms with Gasteiger partial charge in [0.2, 0.25) is 0 Å². The normalized spacial score (nSPS) is 43.1. The van der Waals surface area contributed by atoms with Crippen LogP contribution in [0.5, 0.6) is 0 Å². The second-order valence-corrected chi connectivity index (χ2v) is 5.35. The van der Waals surface area contributed by atoms with E-state index < -0.39 is 47.0 Å². The van der Waals surface area contributed by atoms with Crippen LogP contribution < -0.4 is 0 Å². The molecular formula is C12H12O6. The summed E-state index contributed by atoms with van der Waals surface area (Å²) in [6, 6.07) is 0. The minimum atomic E-state index is -1.18. The van der Waals surface area contributed by atoms with E-state index in [1.54, 1.807) is 6.92 Å². The summed E-state index contributed by atoms with van der Waals surface area (Å²) in [4.78, 5) is 47.1. The Bertz CT molecular complexity index is 481. The van der Waals surface area contributed by atoms with E-state index in [0.29, 0.717) is 12.8 Å². The molecule has 6 heteroatoms. The van der Waals surface area contributed by atoms with Gasteiger partial charge in [-0.3, -0.25) is 19.2 Å². The maximum absolute atomic E-state index is 11.9. The third-order valence-electron chi connectivity index (χ3n) is 4.51. The molecule has 2 aliphatic heterocycles. The molecule has 6 nitrogen and oxygen atoms in total. The molecule has 4 unspecified atom stereocenters. The van der Waals surface area contributed by atoms with Gasteiger partial charge in [0.15, 0.2) is 0 Å². The largest absolute Gasteiger partial charge is 0.393 e. The van der Waals surface area contributed by atoms with E-state index in [9.17, 15) is 19.2 Å². The predicted octanol–water partition coefficient (Wildman–Crippen LogP) is 0.192. The summed E-state index contributed by atoms with van der Waals surface area (Å²) in [5, 5.41) is 0. The van der Waals surface area contributed by atoms with E-state index in [0.717, 1.165) is 0 Å². The monoisotopic (exact) mass is 252 g/mol. The van der Waals surface area contributed by atoms with Crippen LogP contribution >= 0.6 is 0 Å². The smallest absolute Gasteiger partial charge is 0.321 e.